The molecule has 4 N–H and O–H groups in total. The molecule has 1 aliphatic heterocycles. The van der Waals surface area contributed by atoms with E-state index in [0.717, 1.165) is 22.4 Å². The Labute approximate surface area is 179 Å². The van der Waals surface area contributed by atoms with Gasteiger partial charge in [0.2, 0.25) is 0 Å². The quantitative estimate of drug-likeness (QED) is 0.603. The molecule has 0 aliphatic carbocycles. The number of aliphatic imine (C=N–C) groups is 1. The number of pyridine rings is 1. The lowest BCUT2D eigenvalue weighted by molar-refractivity contribution is 0.227. The highest BCUT2D eigenvalue weighted by molar-refractivity contribution is 5.91. The second kappa shape index (κ2) is 8.22. The zero-order chi connectivity index (χ0) is 22.1. The van der Waals surface area contributed by atoms with E-state index in [1.165, 1.54) is 12.1 Å². The molecule has 1 aliphatic rings. The number of fused-ring (bicyclic) bond motifs is 5. The molecule has 1 aromatic carbocycles. The van der Waals surface area contributed by atoms with E-state index in [9.17, 15) is 4.39 Å². The van der Waals surface area contributed by atoms with Crippen LogP contribution in [0.5, 0.6) is 5.75 Å². The molecule has 31 heavy (non-hydrogen) atoms. The average Bonchev–Trinajstić information content (AvgIpc) is 3.16. The van der Waals surface area contributed by atoms with Gasteiger partial charge < -0.3 is 20.7 Å². The minimum Gasteiger partial charge on any atom is -0.482 e. The minimum absolute atomic E-state index is 0.240. The summed E-state index contributed by atoms with van der Waals surface area (Å²) >= 11 is 0. The third-order valence-electron chi connectivity index (χ3n) is 5.37. The standard InChI is InChI=1S/C23H24FN5O2/c1-4-18-21-13-7-20(23(26)28-11-13)30-12(2)17-9-15(24)5-6-16(17)22(25)14(10-27-3)8-19(21)31-29-18/h5-7,9-12H,4,8,25H2,1-3H3,(H2,26,28)/t12-/m1/s1. The van der Waals surface area contributed by atoms with E-state index in [0.29, 0.717) is 41.2 Å². The molecule has 3 aromatic rings. The van der Waals surface area contributed by atoms with Gasteiger partial charge in [-0.1, -0.05) is 12.1 Å². The lowest BCUT2D eigenvalue weighted by atomic mass is 9.94. The summed E-state index contributed by atoms with van der Waals surface area (Å²) in [6.07, 6.45) is 3.85. The number of ether oxygens (including phenoxy) is 1. The minimum atomic E-state index is -0.532. The lowest BCUT2D eigenvalue weighted by Crippen LogP contribution is -2.13. The molecule has 0 amide bonds. The van der Waals surface area contributed by atoms with Crippen LogP contribution in [0.15, 0.2) is 45.6 Å². The molecule has 3 heterocycles. The Hall–Kier alpha value is -3.68. The Kier molecular flexibility index (Phi) is 5.46. The van der Waals surface area contributed by atoms with E-state index in [4.69, 9.17) is 20.7 Å². The highest BCUT2D eigenvalue weighted by Gasteiger charge is 2.24. The molecule has 7 nitrogen and oxygen atoms in total. The van der Waals surface area contributed by atoms with Gasteiger partial charge in [0, 0.05) is 59.4 Å². The third-order valence-corrected chi connectivity index (χ3v) is 5.37. The van der Waals surface area contributed by atoms with Crippen LogP contribution in [0.25, 0.3) is 16.8 Å². The predicted octanol–water partition coefficient (Wildman–Crippen LogP) is 4.09. The zero-order valence-electron chi connectivity index (χ0n) is 17.6. The number of aryl methyl sites for hydroxylation is 1. The Balaban J connectivity index is 2.03. The van der Waals surface area contributed by atoms with Crippen molar-refractivity contribution in [1.82, 2.24) is 10.1 Å². The van der Waals surface area contributed by atoms with Gasteiger partial charge in [0.15, 0.2) is 11.6 Å². The second-order valence-electron chi connectivity index (χ2n) is 7.38. The van der Waals surface area contributed by atoms with Crippen molar-refractivity contribution in [3.63, 3.8) is 0 Å². The monoisotopic (exact) mass is 421 g/mol. The van der Waals surface area contributed by atoms with E-state index in [1.807, 2.05) is 19.9 Å². The highest BCUT2D eigenvalue weighted by Crippen LogP contribution is 2.37. The van der Waals surface area contributed by atoms with Crippen molar-refractivity contribution in [2.75, 3.05) is 12.8 Å². The van der Waals surface area contributed by atoms with Crippen molar-refractivity contribution in [2.24, 2.45) is 10.7 Å². The van der Waals surface area contributed by atoms with Crippen LogP contribution in [-0.4, -0.2) is 23.4 Å². The summed E-state index contributed by atoms with van der Waals surface area (Å²) in [6, 6.07) is 6.25. The summed E-state index contributed by atoms with van der Waals surface area (Å²) in [7, 11) is 1.67. The van der Waals surface area contributed by atoms with E-state index in [1.54, 1.807) is 25.5 Å². The first-order chi connectivity index (χ1) is 14.9. The third kappa shape index (κ3) is 3.76. The van der Waals surface area contributed by atoms with Crippen LogP contribution in [0.3, 0.4) is 0 Å². The summed E-state index contributed by atoms with van der Waals surface area (Å²) in [5.74, 6) is 0.881. The first kappa shape index (κ1) is 20.6. The van der Waals surface area contributed by atoms with Crippen molar-refractivity contribution < 1.29 is 13.7 Å². The van der Waals surface area contributed by atoms with Crippen LogP contribution >= 0.6 is 0 Å². The number of rotatable bonds is 2. The van der Waals surface area contributed by atoms with E-state index < -0.39 is 6.10 Å². The van der Waals surface area contributed by atoms with Crippen molar-refractivity contribution in [3.05, 3.63) is 64.4 Å². The van der Waals surface area contributed by atoms with E-state index >= 15 is 0 Å². The number of benzene rings is 1. The number of hydrogen-bond acceptors (Lipinski definition) is 7. The Bertz CT molecular complexity index is 1200. The van der Waals surface area contributed by atoms with Crippen molar-refractivity contribution >= 4 is 17.7 Å². The number of aromatic nitrogens is 2. The number of hydrogen-bond donors (Lipinski definition) is 2. The normalized spacial score (nSPS) is 16.3. The zero-order valence-corrected chi connectivity index (χ0v) is 17.6. The maximum absolute atomic E-state index is 14.1. The molecular weight excluding hydrogens is 397 g/mol. The van der Waals surface area contributed by atoms with Crippen LogP contribution in [0, 0.1) is 5.82 Å². The molecule has 0 saturated heterocycles. The molecule has 0 saturated carbocycles. The molecule has 0 fully saturated rings. The van der Waals surface area contributed by atoms with Gasteiger partial charge in [0.1, 0.15) is 17.7 Å². The molecule has 0 spiro atoms. The summed E-state index contributed by atoms with van der Waals surface area (Å²) in [6.45, 7) is 3.82. The number of nitrogens with two attached hydrogens (primary N) is 2. The molecular formula is C23H24FN5O2. The maximum atomic E-state index is 14.1. The average molecular weight is 421 g/mol. The highest BCUT2D eigenvalue weighted by atomic mass is 19.1. The van der Waals surface area contributed by atoms with Gasteiger partial charge in [0.25, 0.3) is 0 Å². The first-order valence-electron chi connectivity index (χ1n) is 10.0. The molecule has 0 radical (unpaired) electrons. The maximum Gasteiger partial charge on any atom is 0.166 e. The molecule has 0 unspecified atom stereocenters. The molecule has 160 valence electrons. The van der Waals surface area contributed by atoms with Crippen LogP contribution in [-0.2, 0) is 12.8 Å². The summed E-state index contributed by atoms with van der Waals surface area (Å²) in [4.78, 5) is 8.47. The Morgan fingerprint density at radius 3 is 2.84 bits per heavy atom. The van der Waals surface area contributed by atoms with Crippen LogP contribution in [0.4, 0.5) is 10.2 Å². The number of nitrogens with zero attached hydrogens (tertiary/aromatic N) is 3. The molecule has 2 bridgehead atoms. The fourth-order valence-corrected chi connectivity index (χ4v) is 3.82. The van der Waals surface area contributed by atoms with Gasteiger partial charge in [-0.3, -0.25) is 4.99 Å². The number of allylic oxidation sites excluding steroid dienone is 1. The predicted molar refractivity (Wildman–Crippen MR) is 118 cm³/mol. The van der Waals surface area contributed by atoms with Gasteiger partial charge >= 0.3 is 0 Å². The van der Waals surface area contributed by atoms with Crippen LogP contribution < -0.4 is 16.2 Å². The summed E-state index contributed by atoms with van der Waals surface area (Å²) in [5.41, 5.74) is 17.5. The van der Waals surface area contributed by atoms with Crippen molar-refractivity contribution in [1.29, 1.82) is 0 Å². The lowest BCUT2D eigenvalue weighted by Gasteiger charge is -2.21. The van der Waals surface area contributed by atoms with E-state index in [2.05, 4.69) is 15.1 Å². The smallest absolute Gasteiger partial charge is 0.166 e. The SMILES string of the molecule is CCc1noc2c1-c1cnc(N)c(c1)O[C@H](C)c1cc(F)ccc1C(N)=C(C=NC)C2. The van der Waals surface area contributed by atoms with Crippen molar-refractivity contribution in [2.45, 2.75) is 32.8 Å². The van der Waals surface area contributed by atoms with E-state index in [-0.39, 0.29) is 11.6 Å². The van der Waals surface area contributed by atoms with Crippen LogP contribution in [0.1, 0.15) is 42.5 Å². The number of nitrogen functional groups attached to an aromatic ring is 1. The van der Waals surface area contributed by atoms with Gasteiger partial charge in [-0.05, 0) is 37.6 Å². The largest absolute Gasteiger partial charge is 0.482 e. The Morgan fingerprint density at radius 1 is 1.29 bits per heavy atom. The fourth-order valence-electron chi connectivity index (χ4n) is 3.82. The molecule has 2 aromatic heterocycles. The van der Waals surface area contributed by atoms with Crippen LogP contribution in [0.2, 0.25) is 0 Å². The van der Waals surface area contributed by atoms with Crippen molar-refractivity contribution in [3.8, 4) is 16.9 Å². The topological polar surface area (TPSA) is 113 Å². The molecule has 4 rings (SSSR count). The molecule has 8 heteroatoms. The number of anilines is 1. The summed E-state index contributed by atoms with van der Waals surface area (Å²) < 4.78 is 26.0. The number of halogens is 1. The fraction of sp³-hybridized carbons (Fsp3) is 0.261. The Morgan fingerprint density at radius 2 is 2.10 bits per heavy atom. The summed E-state index contributed by atoms with van der Waals surface area (Å²) in [5, 5.41) is 4.24. The van der Waals surface area contributed by atoms with Gasteiger partial charge in [-0.25, -0.2) is 9.37 Å². The molecule has 1 atom stereocenters. The van der Waals surface area contributed by atoms with Gasteiger partial charge in [-0.15, -0.1) is 0 Å². The first-order valence-corrected chi connectivity index (χ1v) is 10.0. The van der Waals surface area contributed by atoms with Gasteiger partial charge in [-0.2, -0.15) is 0 Å². The van der Waals surface area contributed by atoms with Gasteiger partial charge in [0.05, 0.1) is 5.69 Å². The second-order valence-corrected chi connectivity index (χ2v) is 7.38.